The highest BCUT2D eigenvalue weighted by atomic mass is 16.3. The first-order valence-electron chi connectivity index (χ1n) is 6.94. The van der Waals surface area contributed by atoms with Gasteiger partial charge in [-0.25, -0.2) is 4.79 Å². The number of anilines is 1. The zero-order valence-electron chi connectivity index (χ0n) is 12.1. The van der Waals surface area contributed by atoms with E-state index in [0.29, 0.717) is 6.54 Å². The number of hydrogen-bond donors (Lipinski definition) is 2. The summed E-state index contributed by atoms with van der Waals surface area (Å²) in [7, 11) is 1.75. The third-order valence-electron chi connectivity index (χ3n) is 3.80. The second-order valence-corrected chi connectivity index (χ2v) is 5.52. The van der Waals surface area contributed by atoms with Crippen molar-refractivity contribution in [3.63, 3.8) is 0 Å². The smallest absolute Gasteiger partial charge is 0.321 e. The Morgan fingerprint density at radius 3 is 2.71 bits per heavy atom. The molecule has 4 heteroatoms. The van der Waals surface area contributed by atoms with Crippen LogP contribution in [0.15, 0.2) is 42.5 Å². The Bertz CT molecular complexity index is 697. The van der Waals surface area contributed by atoms with Crippen LogP contribution in [0.5, 0.6) is 0 Å². The largest absolute Gasteiger partial charge is 0.384 e. The van der Waals surface area contributed by atoms with Gasteiger partial charge in [0.2, 0.25) is 0 Å². The van der Waals surface area contributed by atoms with Gasteiger partial charge in [-0.1, -0.05) is 35.9 Å². The van der Waals surface area contributed by atoms with E-state index in [0.717, 1.165) is 27.9 Å². The van der Waals surface area contributed by atoms with E-state index < -0.39 is 6.10 Å². The van der Waals surface area contributed by atoms with Crippen LogP contribution in [0.3, 0.4) is 0 Å². The van der Waals surface area contributed by atoms with E-state index in [1.54, 1.807) is 11.9 Å². The van der Waals surface area contributed by atoms with Gasteiger partial charge < -0.3 is 15.3 Å². The number of carbonyl (C=O) groups is 1. The van der Waals surface area contributed by atoms with Crippen LogP contribution >= 0.6 is 0 Å². The van der Waals surface area contributed by atoms with E-state index in [1.165, 1.54) is 0 Å². The van der Waals surface area contributed by atoms with Crippen molar-refractivity contribution in [1.82, 2.24) is 4.90 Å². The number of fused-ring (bicyclic) bond motifs is 1. The molecule has 108 valence electrons. The molecular formula is C17H18N2O2. The van der Waals surface area contributed by atoms with Crippen molar-refractivity contribution in [2.45, 2.75) is 19.6 Å². The number of nitrogens with one attached hydrogen (secondary N) is 1. The number of nitrogens with zero attached hydrogens (tertiary/aromatic N) is 1. The lowest BCUT2D eigenvalue weighted by molar-refractivity contribution is 0.217. The van der Waals surface area contributed by atoms with E-state index in [2.05, 4.69) is 5.32 Å². The van der Waals surface area contributed by atoms with Gasteiger partial charge in [0, 0.05) is 19.3 Å². The fraction of sp³-hybridized carbons (Fsp3) is 0.235. The second-order valence-electron chi connectivity index (χ2n) is 5.52. The van der Waals surface area contributed by atoms with Gasteiger partial charge in [-0.15, -0.1) is 0 Å². The quantitative estimate of drug-likeness (QED) is 0.889. The molecule has 1 heterocycles. The second kappa shape index (κ2) is 5.22. The molecule has 0 spiro atoms. The Labute approximate surface area is 124 Å². The molecule has 1 atom stereocenters. The Balaban J connectivity index is 1.93. The third kappa shape index (κ3) is 2.62. The van der Waals surface area contributed by atoms with Crippen LogP contribution in [0.2, 0.25) is 0 Å². The van der Waals surface area contributed by atoms with Gasteiger partial charge in [-0.05, 0) is 35.7 Å². The molecule has 0 radical (unpaired) electrons. The molecule has 2 aromatic rings. The number of amides is 2. The molecule has 0 saturated carbocycles. The molecule has 3 rings (SSSR count). The maximum absolute atomic E-state index is 11.6. The molecule has 4 nitrogen and oxygen atoms in total. The normalized spacial score (nSPS) is 15.4. The molecule has 1 aliphatic heterocycles. The van der Waals surface area contributed by atoms with Gasteiger partial charge in [0.05, 0.1) is 0 Å². The van der Waals surface area contributed by atoms with Gasteiger partial charge in [-0.2, -0.15) is 0 Å². The molecule has 0 fully saturated rings. The minimum Gasteiger partial charge on any atom is -0.384 e. The number of aliphatic hydroxyl groups excluding tert-OH is 1. The highest BCUT2D eigenvalue weighted by Gasteiger charge is 2.20. The fourth-order valence-electron chi connectivity index (χ4n) is 2.61. The van der Waals surface area contributed by atoms with Crippen LogP contribution in [-0.4, -0.2) is 23.1 Å². The molecule has 2 aromatic carbocycles. The summed E-state index contributed by atoms with van der Waals surface area (Å²) in [5, 5.41) is 13.4. The first-order chi connectivity index (χ1) is 10.0. The molecule has 2 amide bonds. The number of hydrogen-bond acceptors (Lipinski definition) is 2. The molecule has 1 aliphatic rings. The zero-order chi connectivity index (χ0) is 15.0. The van der Waals surface area contributed by atoms with Gasteiger partial charge in [0.25, 0.3) is 0 Å². The highest BCUT2D eigenvalue weighted by molar-refractivity contribution is 5.92. The Morgan fingerprint density at radius 1 is 1.19 bits per heavy atom. The van der Waals surface area contributed by atoms with Crippen LogP contribution < -0.4 is 5.32 Å². The van der Waals surface area contributed by atoms with Crippen molar-refractivity contribution >= 4 is 11.7 Å². The summed E-state index contributed by atoms with van der Waals surface area (Å²) in [6.45, 7) is 2.56. The SMILES string of the molecule is Cc1cccc(C(O)c2ccc3c(c2)CN(C)C(=O)N3)c1. The summed E-state index contributed by atoms with van der Waals surface area (Å²) >= 11 is 0. The molecule has 0 aliphatic carbocycles. The lowest BCUT2D eigenvalue weighted by Gasteiger charge is -2.26. The lowest BCUT2D eigenvalue weighted by atomic mass is 9.97. The number of benzene rings is 2. The predicted molar refractivity (Wildman–Crippen MR) is 82.2 cm³/mol. The number of carbonyl (C=O) groups excluding carboxylic acids is 1. The van der Waals surface area contributed by atoms with Gasteiger partial charge in [-0.3, -0.25) is 0 Å². The number of aliphatic hydroxyl groups is 1. The average molecular weight is 282 g/mol. The van der Waals surface area contributed by atoms with Crippen LogP contribution in [0.1, 0.15) is 28.4 Å². The summed E-state index contributed by atoms with van der Waals surface area (Å²) in [4.78, 5) is 13.2. The van der Waals surface area contributed by atoms with Crippen LogP contribution in [-0.2, 0) is 6.54 Å². The first-order valence-corrected chi connectivity index (χ1v) is 6.94. The van der Waals surface area contributed by atoms with E-state index in [4.69, 9.17) is 0 Å². The molecule has 21 heavy (non-hydrogen) atoms. The molecule has 0 saturated heterocycles. The van der Waals surface area contributed by atoms with E-state index >= 15 is 0 Å². The number of urea groups is 1. The zero-order valence-corrected chi connectivity index (χ0v) is 12.1. The molecule has 0 aromatic heterocycles. The first kappa shape index (κ1) is 13.6. The summed E-state index contributed by atoms with van der Waals surface area (Å²) in [5.74, 6) is 0. The fourth-order valence-corrected chi connectivity index (χ4v) is 2.61. The van der Waals surface area contributed by atoms with Gasteiger partial charge in [0.1, 0.15) is 6.10 Å². The van der Waals surface area contributed by atoms with Crippen LogP contribution in [0, 0.1) is 6.92 Å². The van der Waals surface area contributed by atoms with E-state index in [9.17, 15) is 9.90 Å². The van der Waals surface area contributed by atoms with Crippen molar-refractivity contribution < 1.29 is 9.90 Å². The van der Waals surface area contributed by atoms with Crippen molar-refractivity contribution in [2.24, 2.45) is 0 Å². The molecule has 0 bridgehead atoms. The Morgan fingerprint density at radius 2 is 1.95 bits per heavy atom. The van der Waals surface area contributed by atoms with Crippen molar-refractivity contribution in [2.75, 3.05) is 12.4 Å². The van der Waals surface area contributed by atoms with E-state index in [1.807, 2.05) is 49.4 Å². The Kier molecular flexibility index (Phi) is 3.39. The van der Waals surface area contributed by atoms with Gasteiger partial charge in [0.15, 0.2) is 0 Å². The maximum Gasteiger partial charge on any atom is 0.321 e. The van der Waals surface area contributed by atoms with Crippen molar-refractivity contribution in [1.29, 1.82) is 0 Å². The summed E-state index contributed by atoms with van der Waals surface area (Å²) in [6, 6.07) is 13.4. The Hall–Kier alpha value is -2.33. The van der Waals surface area contributed by atoms with E-state index in [-0.39, 0.29) is 6.03 Å². The molecule has 1 unspecified atom stereocenters. The van der Waals surface area contributed by atoms with Crippen LogP contribution in [0.25, 0.3) is 0 Å². The van der Waals surface area contributed by atoms with Crippen molar-refractivity contribution in [3.8, 4) is 0 Å². The monoisotopic (exact) mass is 282 g/mol. The minimum atomic E-state index is -0.655. The average Bonchev–Trinajstić information content (AvgIpc) is 2.47. The standard InChI is InChI=1S/C17H18N2O2/c1-11-4-3-5-12(8-11)16(20)13-6-7-15-14(9-13)10-19(2)17(21)18-15/h3-9,16,20H,10H2,1-2H3,(H,18,21). The highest BCUT2D eigenvalue weighted by Crippen LogP contribution is 2.29. The molecular weight excluding hydrogens is 264 g/mol. The summed E-state index contributed by atoms with van der Waals surface area (Å²) in [6.07, 6.45) is -0.655. The maximum atomic E-state index is 11.6. The lowest BCUT2D eigenvalue weighted by Crippen LogP contribution is -2.35. The summed E-state index contributed by atoms with van der Waals surface area (Å²) < 4.78 is 0. The predicted octanol–water partition coefficient (Wildman–Crippen LogP) is 3.05. The topological polar surface area (TPSA) is 52.6 Å². The van der Waals surface area contributed by atoms with Crippen LogP contribution in [0.4, 0.5) is 10.5 Å². The number of aryl methyl sites for hydroxylation is 1. The third-order valence-corrected chi connectivity index (χ3v) is 3.80. The summed E-state index contributed by atoms with van der Waals surface area (Å²) in [5.41, 5.74) is 4.67. The van der Waals surface area contributed by atoms with Gasteiger partial charge >= 0.3 is 6.03 Å². The van der Waals surface area contributed by atoms with Crippen molar-refractivity contribution in [3.05, 3.63) is 64.7 Å². The minimum absolute atomic E-state index is 0.102. The number of rotatable bonds is 2. The molecule has 2 N–H and O–H groups in total.